The summed E-state index contributed by atoms with van der Waals surface area (Å²) in [6, 6.07) is 12.1. The Kier molecular flexibility index (Phi) is 6.62. The second-order valence-corrected chi connectivity index (χ2v) is 7.78. The minimum absolute atomic E-state index is 0.0827. The number of hydrogen-bond acceptors (Lipinski definition) is 6. The number of likely N-dealkylation sites (tertiary alicyclic amines) is 1. The fourth-order valence-electron chi connectivity index (χ4n) is 3.14. The van der Waals surface area contributed by atoms with Gasteiger partial charge in [0.15, 0.2) is 6.10 Å². The summed E-state index contributed by atoms with van der Waals surface area (Å²) >= 11 is 1.37. The molecule has 2 unspecified atom stereocenters. The molecule has 0 bridgehead atoms. The van der Waals surface area contributed by atoms with Crippen molar-refractivity contribution < 1.29 is 19.1 Å². The van der Waals surface area contributed by atoms with Crippen LogP contribution in [-0.4, -0.2) is 41.9 Å². The molecule has 3 rings (SSSR count). The number of rotatable bonds is 5. The van der Waals surface area contributed by atoms with Gasteiger partial charge in [0.05, 0.1) is 22.4 Å². The average Bonchev–Trinajstić information content (AvgIpc) is 3.28. The van der Waals surface area contributed by atoms with Gasteiger partial charge in [-0.3, -0.25) is 14.4 Å². The zero-order chi connectivity index (χ0) is 20.8. The maximum atomic E-state index is 12.5. The third-order valence-corrected chi connectivity index (χ3v) is 5.55. The molecular formula is C21H21N3O4S. The average molecular weight is 411 g/mol. The van der Waals surface area contributed by atoms with E-state index in [-0.39, 0.29) is 12.5 Å². The molecule has 1 saturated heterocycles. The van der Waals surface area contributed by atoms with Crippen molar-refractivity contribution in [3.8, 4) is 6.07 Å². The summed E-state index contributed by atoms with van der Waals surface area (Å²) in [7, 11) is 0. The molecule has 1 aliphatic rings. The van der Waals surface area contributed by atoms with Crippen LogP contribution in [0.25, 0.3) is 0 Å². The fourth-order valence-corrected chi connectivity index (χ4v) is 3.84. The van der Waals surface area contributed by atoms with Crippen LogP contribution in [0.4, 0.5) is 5.69 Å². The monoisotopic (exact) mass is 411 g/mol. The number of nitrogens with one attached hydrogen (secondary N) is 1. The van der Waals surface area contributed by atoms with E-state index in [1.165, 1.54) is 18.3 Å². The number of anilines is 1. The minimum Gasteiger partial charge on any atom is -0.452 e. The first-order chi connectivity index (χ1) is 14.0. The number of nitrogens with zero attached hydrogens (tertiary/aromatic N) is 2. The Labute approximate surface area is 172 Å². The van der Waals surface area contributed by atoms with Gasteiger partial charge in [0.1, 0.15) is 0 Å². The molecule has 8 heteroatoms. The van der Waals surface area contributed by atoms with Crippen molar-refractivity contribution in [2.45, 2.75) is 25.9 Å². The molecule has 0 saturated carbocycles. The Morgan fingerprint density at radius 1 is 1.31 bits per heavy atom. The Morgan fingerprint density at radius 2 is 2.14 bits per heavy atom. The van der Waals surface area contributed by atoms with Crippen LogP contribution in [0, 0.1) is 17.2 Å². The van der Waals surface area contributed by atoms with Gasteiger partial charge in [0.2, 0.25) is 0 Å². The summed E-state index contributed by atoms with van der Waals surface area (Å²) in [6.07, 6.45) is 0.334. The Morgan fingerprint density at radius 3 is 2.86 bits per heavy atom. The van der Waals surface area contributed by atoms with Gasteiger partial charge in [-0.25, -0.2) is 0 Å². The first-order valence-corrected chi connectivity index (χ1v) is 10.2. The Balaban J connectivity index is 1.55. The lowest BCUT2D eigenvalue weighted by molar-refractivity contribution is -0.158. The Bertz CT molecular complexity index is 936. The van der Waals surface area contributed by atoms with Crippen molar-refractivity contribution in [3.63, 3.8) is 0 Å². The molecular weight excluding hydrogens is 390 g/mol. The zero-order valence-corrected chi connectivity index (χ0v) is 16.8. The Hall–Kier alpha value is -3.18. The van der Waals surface area contributed by atoms with Gasteiger partial charge in [0.25, 0.3) is 11.8 Å². The highest BCUT2D eigenvalue weighted by Crippen LogP contribution is 2.22. The van der Waals surface area contributed by atoms with Gasteiger partial charge in [-0.15, -0.1) is 11.3 Å². The van der Waals surface area contributed by atoms with Gasteiger partial charge in [-0.05, 0) is 49.4 Å². The summed E-state index contributed by atoms with van der Waals surface area (Å²) in [6.45, 7) is 2.39. The van der Waals surface area contributed by atoms with Gasteiger partial charge in [0, 0.05) is 18.8 Å². The molecule has 1 aromatic heterocycles. The van der Waals surface area contributed by atoms with Crippen LogP contribution in [0.2, 0.25) is 0 Å². The van der Waals surface area contributed by atoms with Gasteiger partial charge >= 0.3 is 5.97 Å². The molecule has 0 radical (unpaired) electrons. The van der Waals surface area contributed by atoms with Crippen LogP contribution in [0.1, 0.15) is 35.0 Å². The number of esters is 1. The number of nitriles is 1. The summed E-state index contributed by atoms with van der Waals surface area (Å²) < 4.78 is 5.35. The molecule has 2 heterocycles. The first-order valence-electron chi connectivity index (χ1n) is 9.32. The lowest BCUT2D eigenvalue weighted by Crippen LogP contribution is -2.43. The summed E-state index contributed by atoms with van der Waals surface area (Å²) in [4.78, 5) is 39.7. The lowest BCUT2D eigenvalue weighted by Gasteiger charge is -2.31. The molecule has 2 aromatic rings. The lowest BCUT2D eigenvalue weighted by atomic mass is 9.98. The quantitative estimate of drug-likeness (QED) is 0.763. The molecule has 1 fully saturated rings. The molecule has 29 heavy (non-hydrogen) atoms. The predicted octanol–water partition coefficient (Wildman–Crippen LogP) is 3.04. The van der Waals surface area contributed by atoms with E-state index in [2.05, 4.69) is 5.32 Å². The number of ether oxygens (including phenoxy) is 1. The summed E-state index contributed by atoms with van der Waals surface area (Å²) in [5.74, 6) is -1.50. The van der Waals surface area contributed by atoms with Gasteiger partial charge in [-0.2, -0.15) is 5.26 Å². The van der Waals surface area contributed by atoms with E-state index in [0.717, 1.165) is 0 Å². The van der Waals surface area contributed by atoms with E-state index in [1.54, 1.807) is 35.2 Å². The number of benzene rings is 1. The SMILES string of the molecule is CC(OC(=O)C1CCCN(C(=O)c2cccs2)C1)C(=O)Nc1cccc(C#N)c1. The van der Waals surface area contributed by atoms with Crippen molar-refractivity contribution in [2.24, 2.45) is 5.92 Å². The van der Waals surface area contributed by atoms with Crippen molar-refractivity contribution in [3.05, 3.63) is 52.2 Å². The van der Waals surface area contributed by atoms with E-state index in [4.69, 9.17) is 10.00 Å². The second kappa shape index (κ2) is 9.34. The molecule has 150 valence electrons. The van der Waals surface area contributed by atoms with E-state index < -0.39 is 23.9 Å². The molecule has 1 aliphatic heterocycles. The minimum atomic E-state index is -0.989. The van der Waals surface area contributed by atoms with E-state index in [0.29, 0.717) is 35.5 Å². The van der Waals surface area contributed by atoms with Crippen molar-refractivity contribution in [2.75, 3.05) is 18.4 Å². The van der Waals surface area contributed by atoms with E-state index >= 15 is 0 Å². The summed E-state index contributed by atoms with van der Waals surface area (Å²) in [5.41, 5.74) is 0.882. The molecule has 1 N–H and O–H groups in total. The standard InChI is InChI=1S/C21H21N3O4S/c1-14(19(25)23-17-7-2-5-15(11-17)12-22)28-21(27)16-6-3-9-24(13-16)20(26)18-8-4-10-29-18/h2,4-5,7-8,10-11,14,16H,3,6,9,13H2,1H3,(H,23,25). The van der Waals surface area contributed by atoms with Crippen molar-refractivity contribution >= 4 is 34.8 Å². The number of carbonyl (C=O) groups excluding carboxylic acids is 3. The topological polar surface area (TPSA) is 99.5 Å². The van der Waals surface area contributed by atoms with Crippen LogP contribution in [0.15, 0.2) is 41.8 Å². The normalized spacial score (nSPS) is 17.1. The maximum absolute atomic E-state index is 12.5. The summed E-state index contributed by atoms with van der Waals surface area (Å²) in [5, 5.41) is 13.4. The van der Waals surface area contributed by atoms with Crippen LogP contribution >= 0.6 is 11.3 Å². The first kappa shape index (κ1) is 20.6. The van der Waals surface area contributed by atoms with Crippen LogP contribution in [0.5, 0.6) is 0 Å². The zero-order valence-electron chi connectivity index (χ0n) is 16.0. The number of carbonyl (C=O) groups is 3. The highest BCUT2D eigenvalue weighted by Gasteiger charge is 2.32. The van der Waals surface area contributed by atoms with Crippen LogP contribution in [-0.2, 0) is 14.3 Å². The van der Waals surface area contributed by atoms with Gasteiger partial charge < -0.3 is 15.0 Å². The van der Waals surface area contributed by atoms with Crippen molar-refractivity contribution in [1.29, 1.82) is 5.26 Å². The van der Waals surface area contributed by atoms with Crippen LogP contribution < -0.4 is 5.32 Å². The maximum Gasteiger partial charge on any atom is 0.311 e. The number of piperidine rings is 1. The molecule has 7 nitrogen and oxygen atoms in total. The fraction of sp³-hybridized carbons (Fsp3) is 0.333. The highest BCUT2D eigenvalue weighted by molar-refractivity contribution is 7.12. The molecule has 2 amide bonds. The largest absolute Gasteiger partial charge is 0.452 e. The molecule has 1 aromatic carbocycles. The highest BCUT2D eigenvalue weighted by atomic mass is 32.1. The van der Waals surface area contributed by atoms with Crippen molar-refractivity contribution in [1.82, 2.24) is 4.90 Å². The molecule has 2 atom stereocenters. The van der Waals surface area contributed by atoms with Gasteiger partial charge in [-0.1, -0.05) is 12.1 Å². The number of hydrogen-bond donors (Lipinski definition) is 1. The third kappa shape index (κ3) is 5.21. The number of thiophene rings is 1. The second-order valence-electron chi connectivity index (χ2n) is 6.83. The smallest absolute Gasteiger partial charge is 0.311 e. The third-order valence-electron chi connectivity index (χ3n) is 4.70. The van der Waals surface area contributed by atoms with E-state index in [1.807, 2.05) is 17.5 Å². The van der Waals surface area contributed by atoms with E-state index in [9.17, 15) is 14.4 Å². The molecule has 0 spiro atoms. The predicted molar refractivity (Wildman–Crippen MR) is 108 cm³/mol. The number of amides is 2. The van der Waals surface area contributed by atoms with Crippen LogP contribution in [0.3, 0.4) is 0 Å². The molecule has 0 aliphatic carbocycles.